The third kappa shape index (κ3) is 1.93. The molecule has 1 aliphatic heterocycles. The van der Waals surface area contributed by atoms with E-state index < -0.39 is 5.91 Å². The summed E-state index contributed by atoms with van der Waals surface area (Å²) in [6, 6.07) is 7.43. The lowest BCUT2D eigenvalue weighted by Gasteiger charge is -2.13. The topological polar surface area (TPSA) is 64.8 Å². The zero-order chi connectivity index (χ0) is 11.5. The Morgan fingerprint density at radius 3 is 2.62 bits per heavy atom. The summed E-state index contributed by atoms with van der Waals surface area (Å²) < 4.78 is 10.2. The largest absolute Gasteiger partial charge is 0.497 e. The second-order valence-electron chi connectivity index (χ2n) is 3.30. The van der Waals surface area contributed by atoms with Crippen LogP contribution in [0.25, 0.3) is 0 Å². The molecule has 0 saturated heterocycles. The van der Waals surface area contributed by atoms with Crippen molar-refractivity contribution in [1.82, 2.24) is 0 Å². The van der Waals surface area contributed by atoms with Crippen LogP contribution in [0.5, 0.6) is 5.75 Å². The smallest absolute Gasteiger partial charge is 0.285 e. The first-order valence-corrected chi connectivity index (χ1v) is 4.76. The number of amides is 1. The number of primary amides is 1. The van der Waals surface area contributed by atoms with Crippen LogP contribution in [0.1, 0.15) is 0 Å². The number of carbonyl (C=O) groups is 1. The Morgan fingerprint density at radius 2 is 2.12 bits per heavy atom. The minimum atomic E-state index is -0.559. The second kappa shape index (κ2) is 4.14. The number of anilines is 1. The lowest BCUT2D eigenvalue weighted by atomic mass is 10.3. The Balaban J connectivity index is 2.17. The fraction of sp³-hybridized carbons (Fsp3) is 0.182. The summed E-state index contributed by atoms with van der Waals surface area (Å²) in [5.74, 6) is 0.398. The van der Waals surface area contributed by atoms with Gasteiger partial charge in [-0.1, -0.05) is 0 Å². The van der Waals surface area contributed by atoms with Crippen molar-refractivity contribution < 1.29 is 14.3 Å². The van der Waals surface area contributed by atoms with Crippen LogP contribution < -0.4 is 15.4 Å². The molecule has 0 bridgehead atoms. The molecule has 0 fully saturated rings. The van der Waals surface area contributed by atoms with Crippen molar-refractivity contribution in [3.63, 3.8) is 0 Å². The van der Waals surface area contributed by atoms with Crippen molar-refractivity contribution in [3.05, 3.63) is 36.2 Å². The Bertz CT molecular complexity index is 425. The molecule has 0 atom stereocenters. The summed E-state index contributed by atoms with van der Waals surface area (Å²) in [5, 5.41) is 0. The number of hydrogen-bond donors (Lipinski definition) is 1. The maximum absolute atomic E-state index is 10.9. The van der Waals surface area contributed by atoms with Crippen LogP contribution in [0, 0.1) is 0 Å². The lowest BCUT2D eigenvalue weighted by Crippen LogP contribution is -2.13. The van der Waals surface area contributed by atoms with Gasteiger partial charge in [-0.2, -0.15) is 0 Å². The fourth-order valence-electron chi connectivity index (χ4n) is 1.41. The van der Waals surface area contributed by atoms with E-state index in [1.54, 1.807) is 18.2 Å². The standard InChI is InChI=1S/C11H12N2O3/c1-15-9-4-2-8(3-5-9)13-6-10(11(12)14)16-7-13/h2-6H,7H2,1H3,(H2,12,14). The van der Waals surface area contributed by atoms with Crippen LogP contribution in [0.2, 0.25) is 0 Å². The van der Waals surface area contributed by atoms with Gasteiger partial charge in [0.15, 0.2) is 6.73 Å². The third-order valence-electron chi connectivity index (χ3n) is 2.28. The first-order chi connectivity index (χ1) is 7.70. The van der Waals surface area contributed by atoms with Gasteiger partial charge in [0.05, 0.1) is 13.3 Å². The van der Waals surface area contributed by atoms with Crippen LogP contribution >= 0.6 is 0 Å². The number of nitrogens with two attached hydrogens (primary N) is 1. The van der Waals surface area contributed by atoms with E-state index in [1.165, 1.54) is 0 Å². The van der Waals surface area contributed by atoms with Crippen molar-refractivity contribution in [1.29, 1.82) is 0 Å². The van der Waals surface area contributed by atoms with E-state index in [1.807, 2.05) is 24.3 Å². The van der Waals surface area contributed by atoms with Gasteiger partial charge in [-0.05, 0) is 24.3 Å². The molecule has 5 nitrogen and oxygen atoms in total. The zero-order valence-corrected chi connectivity index (χ0v) is 8.84. The van der Waals surface area contributed by atoms with E-state index in [2.05, 4.69) is 0 Å². The summed E-state index contributed by atoms with van der Waals surface area (Å²) in [6.45, 7) is 0.296. The van der Waals surface area contributed by atoms with Gasteiger partial charge in [-0.15, -0.1) is 0 Å². The van der Waals surface area contributed by atoms with Gasteiger partial charge in [-0.25, -0.2) is 0 Å². The number of benzene rings is 1. The highest BCUT2D eigenvalue weighted by Gasteiger charge is 2.18. The Kier molecular flexibility index (Phi) is 2.68. The van der Waals surface area contributed by atoms with E-state index in [0.717, 1.165) is 11.4 Å². The van der Waals surface area contributed by atoms with Gasteiger partial charge < -0.3 is 20.1 Å². The van der Waals surface area contributed by atoms with Gasteiger partial charge in [-0.3, -0.25) is 4.79 Å². The maximum Gasteiger partial charge on any atom is 0.285 e. The highest BCUT2D eigenvalue weighted by atomic mass is 16.5. The maximum atomic E-state index is 10.9. The Hall–Kier alpha value is -2.17. The molecule has 84 valence electrons. The fourth-order valence-corrected chi connectivity index (χ4v) is 1.41. The van der Waals surface area contributed by atoms with Crippen LogP contribution in [0.4, 0.5) is 5.69 Å². The van der Waals surface area contributed by atoms with Crippen molar-refractivity contribution in [3.8, 4) is 5.75 Å². The third-order valence-corrected chi connectivity index (χ3v) is 2.28. The second-order valence-corrected chi connectivity index (χ2v) is 3.30. The van der Waals surface area contributed by atoms with Gasteiger partial charge in [0.25, 0.3) is 5.91 Å². The van der Waals surface area contributed by atoms with E-state index in [-0.39, 0.29) is 5.76 Å². The van der Waals surface area contributed by atoms with E-state index in [0.29, 0.717) is 6.73 Å². The number of carbonyl (C=O) groups excluding carboxylic acids is 1. The molecule has 2 rings (SSSR count). The molecule has 16 heavy (non-hydrogen) atoms. The Morgan fingerprint density at radius 1 is 1.44 bits per heavy atom. The highest BCUT2D eigenvalue weighted by molar-refractivity contribution is 5.90. The van der Waals surface area contributed by atoms with E-state index in [4.69, 9.17) is 15.2 Å². The molecule has 0 aliphatic carbocycles. The first kappa shape index (κ1) is 10.4. The minimum Gasteiger partial charge on any atom is -0.497 e. The molecule has 2 N–H and O–H groups in total. The lowest BCUT2D eigenvalue weighted by molar-refractivity contribution is -0.117. The molecular formula is C11H12N2O3. The van der Waals surface area contributed by atoms with Crippen molar-refractivity contribution in [2.75, 3.05) is 18.7 Å². The van der Waals surface area contributed by atoms with Crippen LogP contribution in [0.3, 0.4) is 0 Å². The monoisotopic (exact) mass is 220 g/mol. The van der Waals surface area contributed by atoms with Crippen LogP contribution in [-0.4, -0.2) is 19.7 Å². The molecule has 5 heteroatoms. The average molecular weight is 220 g/mol. The molecule has 1 aromatic carbocycles. The first-order valence-electron chi connectivity index (χ1n) is 4.76. The molecule has 0 unspecified atom stereocenters. The summed E-state index contributed by atoms with van der Waals surface area (Å²) in [6.07, 6.45) is 1.59. The SMILES string of the molecule is COc1ccc(N2C=C(C(N)=O)OC2)cc1. The normalized spacial score (nSPS) is 14.3. The summed E-state index contributed by atoms with van der Waals surface area (Å²) in [5.41, 5.74) is 6.02. The quantitative estimate of drug-likeness (QED) is 0.818. The molecule has 0 radical (unpaired) electrons. The summed E-state index contributed by atoms with van der Waals surface area (Å²) in [4.78, 5) is 12.7. The molecule has 1 heterocycles. The van der Waals surface area contributed by atoms with Gasteiger partial charge in [0, 0.05) is 5.69 Å². The molecule has 1 aromatic rings. The average Bonchev–Trinajstić information content (AvgIpc) is 2.78. The number of rotatable bonds is 3. The number of methoxy groups -OCH3 is 1. The molecule has 1 amide bonds. The minimum absolute atomic E-state index is 0.177. The zero-order valence-electron chi connectivity index (χ0n) is 8.84. The van der Waals surface area contributed by atoms with Crippen molar-refractivity contribution in [2.24, 2.45) is 5.73 Å². The molecule has 0 aromatic heterocycles. The predicted octanol–water partition coefficient (Wildman–Crippen LogP) is 0.816. The van der Waals surface area contributed by atoms with Crippen molar-refractivity contribution >= 4 is 11.6 Å². The van der Waals surface area contributed by atoms with E-state index in [9.17, 15) is 4.79 Å². The molecule has 0 spiro atoms. The number of nitrogens with zero attached hydrogens (tertiary/aromatic N) is 1. The van der Waals surface area contributed by atoms with Gasteiger partial charge in [0.1, 0.15) is 5.75 Å². The summed E-state index contributed by atoms with van der Waals surface area (Å²) in [7, 11) is 1.61. The van der Waals surface area contributed by atoms with Crippen LogP contribution in [0.15, 0.2) is 36.2 Å². The summed E-state index contributed by atoms with van der Waals surface area (Å²) >= 11 is 0. The van der Waals surface area contributed by atoms with Crippen molar-refractivity contribution in [2.45, 2.75) is 0 Å². The number of ether oxygens (including phenoxy) is 2. The Labute approximate surface area is 93.0 Å². The molecular weight excluding hydrogens is 208 g/mol. The highest BCUT2D eigenvalue weighted by Crippen LogP contribution is 2.23. The van der Waals surface area contributed by atoms with Gasteiger partial charge >= 0.3 is 0 Å². The van der Waals surface area contributed by atoms with Crippen LogP contribution in [-0.2, 0) is 9.53 Å². The predicted molar refractivity (Wildman–Crippen MR) is 58.7 cm³/mol. The molecule has 1 aliphatic rings. The van der Waals surface area contributed by atoms with E-state index >= 15 is 0 Å². The molecule has 0 saturated carbocycles. The number of hydrogen-bond acceptors (Lipinski definition) is 4. The van der Waals surface area contributed by atoms with Gasteiger partial charge in [0.2, 0.25) is 5.76 Å².